The van der Waals surface area contributed by atoms with E-state index in [1.807, 2.05) is 0 Å². The van der Waals surface area contributed by atoms with Gasteiger partial charge in [-0.3, -0.25) is 4.90 Å². The standard InChI is InChI=1S/C15H30N2/c1-15(2)13(12-16)8-7-11-17(15)14-9-5-3-4-6-10-14/h13-14H,3-12,16H2,1-2H3. The predicted octanol–water partition coefficient (Wildman–Crippen LogP) is 3.16. The second-order valence-electron chi connectivity index (χ2n) is 6.57. The van der Waals surface area contributed by atoms with Crippen LogP contribution in [0.4, 0.5) is 0 Å². The van der Waals surface area contributed by atoms with Gasteiger partial charge in [-0.1, -0.05) is 25.7 Å². The predicted molar refractivity (Wildman–Crippen MR) is 74.1 cm³/mol. The maximum Gasteiger partial charge on any atom is 0.0196 e. The zero-order valence-electron chi connectivity index (χ0n) is 11.8. The first-order valence-corrected chi connectivity index (χ1v) is 7.63. The highest BCUT2D eigenvalue weighted by Crippen LogP contribution is 2.37. The van der Waals surface area contributed by atoms with Gasteiger partial charge in [-0.05, 0) is 58.5 Å². The van der Waals surface area contributed by atoms with Crippen LogP contribution >= 0.6 is 0 Å². The van der Waals surface area contributed by atoms with Crippen LogP contribution in [-0.2, 0) is 0 Å². The molecular formula is C15H30N2. The monoisotopic (exact) mass is 238 g/mol. The van der Waals surface area contributed by atoms with Gasteiger partial charge in [0.25, 0.3) is 0 Å². The lowest BCUT2D eigenvalue weighted by Crippen LogP contribution is -2.58. The van der Waals surface area contributed by atoms with E-state index >= 15 is 0 Å². The number of piperidine rings is 1. The number of rotatable bonds is 2. The Balaban J connectivity index is 2.06. The van der Waals surface area contributed by atoms with Crippen molar-refractivity contribution in [2.24, 2.45) is 11.7 Å². The van der Waals surface area contributed by atoms with Crippen molar-refractivity contribution in [2.45, 2.75) is 76.8 Å². The minimum atomic E-state index is 0.321. The molecule has 100 valence electrons. The van der Waals surface area contributed by atoms with Crippen LogP contribution in [0.15, 0.2) is 0 Å². The van der Waals surface area contributed by atoms with Crippen LogP contribution in [0.25, 0.3) is 0 Å². The highest BCUT2D eigenvalue weighted by molar-refractivity contribution is 4.96. The largest absolute Gasteiger partial charge is 0.330 e. The molecule has 1 aliphatic carbocycles. The van der Waals surface area contributed by atoms with E-state index in [0.29, 0.717) is 11.5 Å². The molecule has 2 N–H and O–H groups in total. The molecule has 1 aliphatic heterocycles. The van der Waals surface area contributed by atoms with Crippen LogP contribution in [0.5, 0.6) is 0 Å². The molecule has 17 heavy (non-hydrogen) atoms. The first-order valence-electron chi connectivity index (χ1n) is 7.63. The maximum absolute atomic E-state index is 5.97. The molecule has 1 atom stereocenters. The van der Waals surface area contributed by atoms with Gasteiger partial charge < -0.3 is 5.73 Å². The summed E-state index contributed by atoms with van der Waals surface area (Å²) < 4.78 is 0. The second kappa shape index (κ2) is 5.71. The third-order valence-corrected chi connectivity index (χ3v) is 5.24. The molecular weight excluding hydrogens is 208 g/mol. The van der Waals surface area contributed by atoms with Gasteiger partial charge in [0.15, 0.2) is 0 Å². The molecule has 1 saturated carbocycles. The normalized spacial score (nSPS) is 32.3. The molecule has 1 unspecified atom stereocenters. The third kappa shape index (κ3) is 2.85. The Labute approximate surface area is 107 Å². The number of hydrogen-bond donors (Lipinski definition) is 1. The van der Waals surface area contributed by atoms with Crippen molar-refractivity contribution in [2.75, 3.05) is 13.1 Å². The molecule has 0 radical (unpaired) electrons. The number of hydrogen-bond acceptors (Lipinski definition) is 2. The van der Waals surface area contributed by atoms with Gasteiger partial charge in [-0.25, -0.2) is 0 Å². The first kappa shape index (κ1) is 13.4. The summed E-state index contributed by atoms with van der Waals surface area (Å²) in [6.45, 7) is 7.01. The Morgan fingerprint density at radius 1 is 1.00 bits per heavy atom. The third-order valence-electron chi connectivity index (χ3n) is 5.24. The summed E-state index contributed by atoms with van der Waals surface area (Å²) in [5.41, 5.74) is 6.30. The summed E-state index contributed by atoms with van der Waals surface area (Å²) in [7, 11) is 0. The van der Waals surface area contributed by atoms with E-state index in [0.717, 1.165) is 12.6 Å². The van der Waals surface area contributed by atoms with Crippen molar-refractivity contribution in [1.29, 1.82) is 0 Å². The molecule has 2 aliphatic rings. The fourth-order valence-electron chi connectivity index (χ4n) is 4.01. The smallest absolute Gasteiger partial charge is 0.0196 e. The van der Waals surface area contributed by atoms with E-state index in [1.165, 1.54) is 57.9 Å². The molecule has 0 aromatic carbocycles. The average molecular weight is 238 g/mol. The highest BCUT2D eigenvalue weighted by Gasteiger charge is 2.40. The van der Waals surface area contributed by atoms with Gasteiger partial charge in [-0.2, -0.15) is 0 Å². The van der Waals surface area contributed by atoms with Crippen LogP contribution in [0.2, 0.25) is 0 Å². The Kier molecular flexibility index (Phi) is 4.48. The van der Waals surface area contributed by atoms with Crippen LogP contribution < -0.4 is 5.73 Å². The molecule has 2 rings (SSSR count). The van der Waals surface area contributed by atoms with Gasteiger partial charge >= 0.3 is 0 Å². The van der Waals surface area contributed by atoms with Gasteiger partial charge in [0, 0.05) is 11.6 Å². The van der Waals surface area contributed by atoms with E-state index in [2.05, 4.69) is 18.7 Å². The van der Waals surface area contributed by atoms with Gasteiger partial charge in [0.2, 0.25) is 0 Å². The molecule has 0 aromatic rings. The molecule has 0 spiro atoms. The SMILES string of the molecule is CC1(C)C(CN)CCCN1C1CCCCCC1. The summed E-state index contributed by atoms with van der Waals surface area (Å²) in [4.78, 5) is 2.80. The van der Waals surface area contributed by atoms with Crippen molar-refractivity contribution >= 4 is 0 Å². The molecule has 2 nitrogen and oxygen atoms in total. The van der Waals surface area contributed by atoms with E-state index < -0.39 is 0 Å². The topological polar surface area (TPSA) is 29.3 Å². The summed E-state index contributed by atoms with van der Waals surface area (Å²) in [5, 5.41) is 0. The van der Waals surface area contributed by atoms with Crippen LogP contribution in [0.1, 0.15) is 65.2 Å². The van der Waals surface area contributed by atoms with E-state index in [-0.39, 0.29) is 0 Å². The quantitative estimate of drug-likeness (QED) is 0.749. The molecule has 2 fully saturated rings. The molecule has 0 aromatic heterocycles. The zero-order chi connectivity index (χ0) is 12.3. The first-order chi connectivity index (χ1) is 8.16. The lowest BCUT2D eigenvalue weighted by Gasteiger charge is -2.51. The number of nitrogens with zero attached hydrogens (tertiary/aromatic N) is 1. The van der Waals surface area contributed by atoms with Gasteiger partial charge in [0.1, 0.15) is 0 Å². The molecule has 2 heteroatoms. The van der Waals surface area contributed by atoms with Crippen molar-refractivity contribution in [1.82, 2.24) is 4.90 Å². The lowest BCUT2D eigenvalue weighted by molar-refractivity contribution is -0.0140. The van der Waals surface area contributed by atoms with Crippen LogP contribution in [-0.4, -0.2) is 29.6 Å². The zero-order valence-corrected chi connectivity index (χ0v) is 11.8. The van der Waals surface area contributed by atoms with Gasteiger partial charge in [0.05, 0.1) is 0 Å². The van der Waals surface area contributed by atoms with E-state index in [4.69, 9.17) is 5.73 Å². The lowest BCUT2D eigenvalue weighted by atomic mass is 9.77. The summed E-state index contributed by atoms with van der Waals surface area (Å²) in [6.07, 6.45) is 11.3. The second-order valence-corrected chi connectivity index (χ2v) is 6.57. The molecule has 1 saturated heterocycles. The average Bonchev–Trinajstić information content (AvgIpc) is 2.57. The Bertz CT molecular complexity index is 229. The minimum Gasteiger partial charge on any atom is -0.330 e. The van der Waals surface area contributed by atoms with Crippen molar-refractivity contribution < 1.29 is 0 Å². The Hall–Kier alpha value is -0.0800. The summed E-state index contributed by atoms with van der Waals surface area (Å²) in [6, 6.07) is 0.835. The Morgan fingerprint density at radius 3 is 2.24 bits per heavy atom. The maximum atomic E-state index is 5.97. The Morgan fingerprint density at radius 2 is 1.65 bits per heavy atom. The van der Waals surface area contributed by atoms with Crippen molar-refractivity contribution in [3.05, 3.63) is 0 Å². The van der Waals surface area contributed by atoms with Crippen molar-refractivity contribution in [3.8, 4) is 0 Å². The number of likely N-dealkylation sites (tertiary alicyclic amines) is 1. The fourth-order valence-corrected chi connectivity index (χ4v) is 4.01. The molecule has 1 heterocycles. The van der Waals surface area contributed by atoms with Crippen LogP contribution in [0, 0.1) is 5.92 Å². The molecule has 0 bridgehead atoms. The highest BCUT2D eigenvalue weighted by atomic mass is 15.2. The van der Waals surface area contributed by atoms with Crippen LogP contribution in [0.3, 0.4) is 0 Å². The summed E-state index contributed by atoms with van der Waals surface area (Å²) in [5.74, 6) is 0.694. The molecule has 0 amide bonds. The minimum absolute atomic E-state index is 0.321. The summed E-state index contributed by atoms with van der Waals surface area (Å²) >= 11 is 0. The fraction of sp³-hybridized carbons (Fsp3) is 1.00. The van der Waals surface area contributed by atoms with E-state index in [1.54, 1.807) is 0 Å². The number of nitrogens with two attached hydrogens (primary N) is 1. The van der Waals surface area contributed by atoms with E-state index in [9.17, 15) is 0 Å². The van der Waals surface area contributed by atoms with Crippen molar-refractivity contribution in [3.63, 3.8) is 0 Å². The van der Waals surface area contributed by atoms with Gasteiger partial charge in [-0.15, -0.1) is 0 Å².